The van der Waals surface area contributed by atoms with E-state index in [1.165, 1.54) is 0 Å². The minimum atomic E-state index is -0.870. The van der Waals surface area contributed by atoms with Gasteiger partial charge in [-0.2, -0.15) is 0 Å². The third-order valence-corrected chi connectivity index (χ3v) is 3.95. The number of amides is 1. The molecule has 0 spiro atoms. The van der Waals surface area contributed by atoms with Crippen LogP contribution in [0.15, 0.2) is 42.5 Å². The highest BCUT2D eigenvalue weighted by Gasteiger charge is 2.14. The van der Waals surface area contributed by atoms with E-state index in [9.17, 15) is 9.59 Å². The van der Waals surface area contributed by atoms with Crippen molar-refractivity contribution in [1.29, 1.82) is 0 Å². The first-order valence-electron chi connectivity index (χ1n) is 9.35. The van der Waals surface area contributed by atoms with Crippen LogP contribution in [0, 0.1) is 12.8 Å². The van der Waals surface area contributed by atoms with E-state index in [0.717, 1.165) is 11.3 Å². The Hall–Kier alpha value is -3.02. The molecule has 0 bridgehead atoms. The maximum absolute atomic E-state index is 12.7. The third-order valence-electron chi connectivity index (χ3n) is 3.95. The molecule has 2 rings (SSSR count). The van der Waals surface area contributed by atoms with Crippen LogP contribution in [-0.2, 0) is 4.79 Å². The highest BCUT2D eigenvalue weighted by atomic mass is 16.5. The van der Waals surface area contributed by atoms with E-state index >= 15 is 0 Å². The van der Waals surface area contributed by atoms with E-state index in [1.54, 1.807) is 24.3 Å². The number of anilines is 1. The van der Waals surface area contributed by atoms with Crippen LogP contribution in [0.5, 0.6) is 11.5 Å². The molecule has 0 aliphatic rings. The van der Waals surface area contributed by atoms with Gasteiger partial charge >= 0.3 is 5.97 Å². The van der Waals surface area contributed by atoms with Crippen LogP contribution in [0.2, 0.25) is 0 Å². The van der Waals surface area contributed by atoms with Crippen LogP contribution in [-0.4, -0.2) is 30.2 Å². The van der Waals surface area contributed by atoms with Crippen LogP contribution in [0.4, 0.5) is 5.69 Å². The largest absolute Gasteiger partial charge is 0.493 e. The molecule has 6 nitrogen and oxygen atoms in total. The molecule has 0 saturated carbocycles. The lowest BCUT2D eigenvalue weighted by Gasteiger charge is -2.14. The van der Waals surface area contributed by atoms with Gasteiger partial charge in [-0.3, -0.25) is 9.59 Å². The fourth-order valence-electron chi connectivity index (χ4n) is 2.50. The number of hydrogen-bond donors (Lipinski definition) is 2. The maximum atomic E-state index is 12.7. The number of rotatable bonds is 10. The molecule has 2 aromatic rings. The molecule has 0 aromatic heterocycles. The summed E-state index contributed by atoms with van der Waals surface area (Å²) in [6.07, 6.45) is 0.404. The van der Waals surface area contributed by atoms with Crippen molar-refractivity contribution in [3.05, 3.63) is 53.6 Å². The average molecular weight is 385 g/mol. The van der Waals surface area contributed by atoms with Gasteiger partial charge in [0.2, 0.25) is 0 Å². The Morgan fingerprint density at radius 3 is 2.54 bits per heavy atom. The first kappa shape index (κ1) is 21.3. The number of hydrogen-bond acceptors (Lipinski definition) is 4. The predicted octanol–water partition coefficient (Wildman–Crippen LogP) is 4.53. The topological polar surface area (TPSA) is 84.9 Å². The molecule has 0 fully saturated rings. The Kier molecular flexibility index (Phi) is 7.87. The van der Waals surface area contributed by atoms with Gasteiger partial charge in [-0.15, -0.1) is 0 Å². The van der Waals surface area contributed by atoms with Crippen LogP contribution >= 0.6 is 0 Å². The van der Waals surface area contributed by atoms with E-state index in [1.807, 2.05) is 25.1 Å². The van der Waals surface area contributed by atoms with Crippen LogP contribution in [0.25, 0.3) is 0 Å². The molecule has 0 heterocycles. The summed E-state index contributed by atoms with van der Waals surface area (Å²) >= 11 is 0. The first-order chi connectivity index (χ1) is 13.4. The molecule has 2 N–H and O–H groups in total. The van der Waals surface area contributed by atoms with Crippen molar-refractivity contribution in [2.45, 2.75) is 33.6 Å². The molecule has 28 heavy (non-hydrogen) atoms. The lowest BCUT2D eigenvalue weighted by Crippen LogP contribution is -2.15. The van der Waals surface area contributed by atoms with Gasteiger partial charge < -0.3 is 19.9 Å². The molecular formula is C22H27NO5. The smallest absolute Gasteiger partial charge is 0.303 e. The number of ether oxygens (including phenoxy) is 2. The zero-order chi connectivity index (χ0) is 20.5. The minimum absolute atomic E-state index is 0.0266. The summed E-state index contributed by atoms with van der Waals surface area (Å²) in [6, 6.07) is 12.5. The summed E-state index contributed by atoms with van der Waals surface area (Å²) < 4.78 is 11.3. The van der Waals surface area contributed by atoms with Crippen molar-refractivity contribution < 1.29 is 24.2 Å². The van der Waals surface area contributed by atoms with Crippen molar-refractivity contribution in [1.82, 2.24) is 0 Å². The fourth-order valence-corrected chi connectivity index (χ4v) is 2.50. The van der Waals surface area contributed by atoms with Gasteiger partial charge in [-0.05, 0) is 55.2 Å². The monoisotopic (exact) mass is 385 g/mol. The molecule has 6 heteroatoms. The summed E-state index contributed by atoms with van der Waals surface area (Å²) in [6.45, 7) is 6.95. The first-order valence-corrected chi connectivity index (χ1v) is 9.35. The zero-order valence-corrected chi connectivity index (χ0v) is 16.5. The molecule has 0 unspecified atom stereocenters. The van der Waals surface area contributed by atoms with Crippen molar-refractivity contribution >= 4 is 17.6 Å². The average Bonchev–Trinajstić information content (AvgIpc) is 2.65. The van der Waals surface area contributed by atoms with Gasteiger partial charge in [-0.25, -0.2) is 0 Å². The molecule has 0 atom stereocenters. The summed E-state index contributed by atoms with van der Waals surface area (Å²) in [5.41, 5.74) is 1.99. The predicted molar refractivity (Wildman–Crippen MR) is 108 cm³/mol. The van der Waals surface area contributed by atoms with Crippen LogP contribution in [0.3, 0.4) is 0 Å². The Balaban J connectivity index is 2.03. The Morgan fingerprint density at radius 1 is 1.11 bits per heavy atom. The molecule has 0 saturated heterocycles. The normalized spacial score (nSPS) is 10.6. The van der Waals surface area contributed by atoms with Gasteiger partial charge in [0.05, 0.1) is 18.8 Å². The SMILES string of the molecule is Cc1cc(OCC(C)C)ccc1NC(=O)c1ccccc1OCCCC(=O)O. The van der Waals surface area contributed by atoms with E-state index in [4.69, 9.17) is 14.6 Å². The number of carbonyl (C=O) groups is 2. The van der Waals surface area contributed by atoms with Gasteiger partial charge in [0.15, 0.2) is 0 Å². The van der Waals surface area contributed by atoms with E-state index in [0.29, 0.717) is 35.9 Å². The molecule has 1 amide bonds. The summed E-state index contributed by atoms with van der Waals surface area (Å²) in [5, 5.41) is 11.6. The molecule has 0 aliphatic heterocycles. The Labute approximate surface area is 165 Å². The second kappa shape index (κ2) is 10.3. The van der Waals surface area contributed by atoms with Crippen molar-refractivity contribution in [2.75, 3.05) is 18.5 Å². The third kappa shape index (κ3) is 6.61. The van der Waals surface area contributed by atoms with Crippen molar-refractivity contribution in [3.63, 3.8) is 0 Å². The van der Waals surface area contributed by atoms with E-state index in [-0.39, 0.29) is 18.9 Å². The second-order valence-electron chi connectivity index (χ2n) is 6.98. The van der Waals surface area contributed by atoms with Crippen molar-refractivity contribution in [3.8, 4) is 11.5 Å². The molecule has 150 valence electrons. The Morgan fingerprint density at radius 2 is 1.86 bits per heavy atom. The van der Waals surface area contributed by atoms with Gasteiger partial charge in [-0.1, -0.05) is 26.0 Å². The number of aliphatic carboxylic acids is 1. The molecule has 0 radical (unpaired) electrons. The fraction of sp³-hybridized carbons (Fsp3) is 0.364. The highest BCUT2D eigenvalue weighted by Crippen LogP contribution is 2.24. The number of para-hydroxylation sites is 1. The number of benzene rings is 2. The van der Waals surface area contributed by atoms with Crippen LogP contribution in [0.1, 0.15) is 42.6 Å². The summed E-state index contributed by atoms with van der Waals surface area (Å²) in [4.78, 5) is 23.3. The summed E-state index contributed by atoms with van der Waals surface area (Å²) in [7, 11) is 0. The minimum Gasteiger partial charge on any atom is -0.493 e. The van der Waals surface area contributed by atoms with Gasteiger partial charge in [0, 0.05) is 12.1 Å². The quantitative estimate of drug-likeness (QED) is 0.587. The second-order valence-corrected chi connectivity index (χ2v) is 6.98. The number of nitrogens with one attached hydrogen (secondary N) is 1. The van der Waals surface area contributed by atoms with E-state index < -0.39 is 5.97 Å². The maximum Gasteiger partial charge on any atom is 0.303 e. The summed E-state index contributed by atoms with van der Waals surface area (Å²) in [5.74, 6) is 0.483. The molecule has 0 aliphatic carbocycles. The number of aryl methyl sites for hydroxylation is 1. The molecule has 2 aromatic carbocycles. The number of carboxylic acid groups (broad SMARTS) is 1. The van der Waals surface area contributed by atoms with Gasteiger partial charge in [0.25, 0.3) is 5.91 Å². The van der Waals surface area contributed by atoms with Crippen LogP contribution < -0.4 is 14.8 Å². The highest BCUT2D eigenvalue weighted by molar-refractivity contribution is 6.06. The number of carboxylic acids is 1. The van der Waals surface area contributed by atoms with E-state index in [2.05, 4.69) is 19.2 Å². The Bertz CT molecular complexity index is 816. The van der Waals surface area contributed by atoms with Gasteiger partial charge in [0.1, 0.15) is 11.5 Å². The lowest BCUT2D eigenvalue weighted by atomic mass is 10.1. The molecular weight excluding hydrogens is 358 g/mol. The standard InChI is InChI=1S/C22H27NO5/c1-15(2)14-28-17-10-11-19(16(3)13-17)23-22(26)18-7-4-5-8-20(18)27-12-6-9-21(24)25/h4-5,7-8,10-11,13,15H,6,9,12,14H2,1-3H3,(H,23,26)(H,24,25). The zero-order valence-electron chi connectivity index (χ0n) is 16.5. The number of carbonyl (C=O) groups excluding carboxylic acids is 1. The van der Waals surface area contributed by atoms with Crippen molar-refractivity contribution in [2.24, 2.45) is 5.92 Å². The lowest BCUT2D eigenvalue weighted by molar-refractivity contribution is -0.137.